The third kappa shape index (κ3) is 3.74. The Kier molecular flexibility index (Phi) is 5.30. The highest BCUT2D eigenvalue weighted by atomic mass is 35.5. The monoisotopic (exact) mass is 449 g/mol. The first-order valence-corrected chi connectivity index (χ1v) is 11.2. The molecule has 0 saturated carbocycles. The van der Waals surface area contributed by atoms with Crippen molar-refractivity contribution in [2.45, 2.75) is 12.5 Å². The topological polar surface area (TPSA) is 28.5 Å². The molecule has 5 rings (SSSR count). The lowest BCUT2D eigenvalue weighted by atomic mass is 9.98. The minimum absolute atomic E-state index is 0.0581. The fraction of sp³-hybridized carbons (Fsp3) is 0.0833. The molecular weight excluding hydrogens is 433 g/mol. The molecule has 0 amide bonds. The van der Waals surface area contributed by atoms with E-state index in [-0.39, 0.29) is 6.04 Å². The molecule has 3 nitrogen and oxygen atoms in total. The van der Waals surface area contributed by atoms with Gasteiger partial charge in [0.15, 0.2) is 0 Å². The van der Waals surface area contributed by atoms with Crippen LogP contribution in [0, 0.1) is 0 Å². The number of thiazole rings is 1. The summed E-state index contributed by atoms with van der Waals surface area (Å²) in [7, 11) is 0. The first-order valence-electron chi connectivity index (χ1n) is 9.57. The Bertz CT molecular complexity index is 1210. The third-order valence-electron chi connectivity index (χ3n) is 5.09. The van der Waals surface area contributed by atoms with Crippen LogP contribution in [0.5, 0.6) is 0 Å². The highest BCUT2D eigenvalue weighted by molar-refractivity contribution is 7.14. The van der Waals surface area contributed by atoms with Crippen molar-refractivity contribution in [3.63, 3.8) is 0 Å². The van der Waals surface area contributed by atoms with Crippen LogP contribution in [-0.4, -0.2) is 10.7 Å². The molecule has 2 heterocycles. The van der Waals surface area contributed by atoms with Gasteiger partial charge in [-0.05, 0) is 17.7 Å². The van der Waals surface area contributed by atoms with E-state index in [1.54, 1.807) is 17.4 Å². The lowest BCUT2D eigenvalue weighted by Gasteiger charge is -2.21. The molecule has 4 aromatic rings. The molecule has 6 heteroatoms. The summed E-state index contributed by atoms with van der Waals surface area (Å²) in [5, 5.41) is 11.1. The predicted octanol–water partition coefficient (Wildman–Crippen LogP) is 7.47. The normalized spacial score (nSPS) is 16.0. The van der Waals surface area contributed by atoms with E-state index >= 15 is 0 Å². The summed E-state index contributed by atoms with van der Waals surface area (Å²) in [6.45, 7) is 0. The molecule has 1 aliphatic rings. The Hall–Kier alpha value is -2.66. The van der Waals surface area contributed by atoms with Crippen LogP contribution in [0.3, 0.4) is 0 Å². The average Bonchev–Trinajstić information content (AvgIpc) is 3.43. The average molecular weight is 450 g/mol. The smallest absolute Gasteiger partial charge is 0.207 e. The van der Waals surface area contributed by atoms with Gasteiger partial charge in [0.05, 0.1) is 22.5 Å². The van der Waals surface area contributed by atoms with Gasteiger partial charge in [-0.25, -0.2) is 9.99 Å². The SMILES string of the molecule is Clc1ccc(C2=NN(c3nc(-c4ccccc4)cs3)[C@@H](c3ccccc3)C2)c(Cl)c1. The molecule has 0 fully saturated rings. The van der Waals surface area contributed by atoms with Crippen molar-refractivity contribution in [3.05, 3.63) is 105 Å². The Labute approximate surface area is 189 Å². The van der Waals surface area contributed by atoms with E-state index in [2.05, 4.69) is 41.8 Å². The third-order valence-corrected chi connectivity index (χ3v) is 6.47. The van der Waals surface area contributed by atoms with Crippen molar-refractivity contribution < 1.29 is 0 Å². The van der Waals surface area contributed by atoms with Crippen LogP contribution in [0.25, 0.3) is 11.3 Å². The van der Waals surface area contributed by atoms with Gasteiger partial charge in [-0.3, -0.25) is 0 Å². The van der Waals surface area contributed by atoms with Gasteiger partial charge in [0.2, 0.25) is 5.13 Å². The molecule has 0 bridgehead atoms. The van der Waals surface area contributed by atoms with Gasteiger partial charge in [-0.15, -0.1) is 11.3 Å². The van der Waals surface area contributed by atoms with Crippen LogP contribution in [-0.2, 0) is 0 Å². The number of hydrogen-bond acceptors (Lipinski definition) is 4. The minimum atomic E-state index is 0.0581. The highest BCUT2D eigenvalue weighted by Crippen LogP contribution is 2.40. The Morgan fingerprint density at radius 3 is 2.37 bits per heavy atom. The summed E-state index contributed by atoms with van der Waals surface area (Å²) in [6, 6.07) is 26.2. The fourth-order valence-corrected chi connectivity index (χ4v) is 4.97. The quantitative estimate of drug-likeness (QED) is 0.323. The molecule has 1 atom stereocenters. The molecule has 0 spiro atoms. The molecule has 3 aromatic carbocycles. The lowest BCUT2D eigenvalue weighted by molar-refractivity contribution is 0.706. The van der Waals surface area contributed by atoms with Crippen LogP contribution in [0.4, 0.5) is 5.13 Å². The van der Waals surface area contributed by atoms with Gasteiger partial charge in [-0.2, -0.15) is 5.10 Å². The number of anilines is 1. The van der Waals surface area contributed by atoms with E-state index in [9.17, 15) is 0 Å². The van der Waals surface area contributed by atoms with E-state index in [0.717, 1.165) is 34.1 Å². The van der Waals surface area contributed by atoms with Crippen LogP contribution in [0.2, 0.25) is 10.0 Å². The summed E-state index contributed by atoms with van der Waals surface area (Å²) in [6.07, 6.45) is 0.742. The maximum atomic E-state index is 6.48. The fourth-order valence-electron chi connectivity index (χ4n) is 3.62. The Balaban J connectivity index is 1.55. The minimum Gasteiger partial charge on any atom is -0.231 e. The van der Waals surface area contributed by atoms with E-state index < -0.39 is 0 Å². The van der Waals surface area contributed by atoms with Gasteiger partial charge in [0, 0.05) is 28.0 Å². The molecule has 148 valence electrons. The summed E-state index contributed by atoms with van der Waals surface area (Å²) in [5.41, 5.74) is 5.08. The molecular formula is C24H17Cl2N3S. The maximum Gasteiger partial charge on any atom is 0.207 e. The zero-order chi connectivity index (χ0) is 20.5. The summed E-state index contributed by atoms with van der Waals surface area (Å²) < 4.78 is 0. The predicted molar refractivity (Wildman–Crippen MR) is 127 cm³/mol. The van der Waals surface area contributed by atoms with Crippen LogP contribution in [0.15, 0.2) is 89.3 Å². The van der Waals surface area contributed by atoms with Gasteiger partial charge in [0.1, 0.15) is 0 Å². The second-order valence-electron chi connectivity index (χ2n) is 7.03. The number of rotatable bonds is 4. The number of aromatic nitrogens is 1. The number of hydrazone groups is 1. The largest absolute Gasteiger partial charge is 0.231 e. The molecule has 0 aliphatic carbocycles. The number of benzene rings is 3. The van der Waals surface area contributed by atoms with Crippen molar-refractivity contribution in [2.24, 2.45) is 5.10 Å². The molecule has 0 saturated heterocycles. The van der Waals surface area contributed by atoms with Gasteiger partial charge < -0.3 is 0 Å². The van der Waals surface area contributed by atoms with Crippen LogP contribution < -0.4 is 5.01 Å². The molecule has 0 radical (unpaired) electrons. The second kappa shape index (κ2) is 8.23. The second-order valence-corrected chi connectivity index (χ2v) is 8.71. The first-order chi connectivity index (χ1) is 14.7. The first kappa shape index (κ1) is 19.3. The highest BCUT2D eigenvalue weighted by Gasteiger charge is 2.32. The van der Waals surface area contributed by atoms with E-state index in [1.807, 2.05) is 41.4 Å². The van der Waals surface area contributed by atoms with Crippen molar-refractivity contribution in [3.8, 4) is 11.3 Å². The summed E-state index contributed by atoms with van der Waals surface area (Å²) in [4.78, 5) is 4.89. The van der Waals surface area contributed by atoms with Crippen molar-refractivity contribution in [1.29, 1.82) is 0 Å². The van der Waals surface area contributed by atoms with Crippen molar-refractivity contribution in [2.75, 3.05) is 5.01 Å². The van der Waals surface area contributed by atoms with Crippen molar-refractivity contribution in [1.82, 2.24) is 4.98 Å². The lowest BCUT2D eigenvalue weighted by Crippen LogP contribution is -2.18. The molecule has 0 N–H and O–H groups in total. The number of nitrogens with zero attached hydrogens (tertiary/aromatic N) is 3. The Morgan fingerprint density at radius 2 is 1.63 bits per heavy atom. The number of halogens is 2. The zero-order valence-corrected chi connectivity index (χ0v) is 18.2. The van der Waals surface area contributed by atoms with Gasteiger partial charge in [-0.1, -0.05) is 89.9 Å². The molecule has 0 unspecified atom stereocenters. The van der Waals surface area contributed by atoms with Crippen molar-refractivity contribution >= 4 is 45.4 Å². The summed E-state index contributed by atoms with van der Waals surface area (Å²) >= 11 is 14.2. The van der Waals surface area contributed by atoms with Crippen LogP contribution in [0.1, 0.15) is 23.6 Å². The van der Waals surface area contributed by atoms with Gasteiger partial charge >= 0.3 is 0 Å². The Morgan fingerprint density at radius 1 is 0.900 bits per heavy atom. The molecule has 30 heavy (non-hydrogen) atoms. The van der Waals surface area contributed by atoms with Gasteiger partial charge in [0.25, 0.3) is 0 Å². The molecule has 1 aliphatic heterocycles. The summed E-state index contributed by atoms with van der Waals surface area (Å²) in [5.74, 6) is 0. The van der Waals surface area contributed by atoms with Crippen LogP contribution >= 0.6 is 34.5 Å². The van der Waals surface area contributed by atoms with E-state index in [0.29, 0.717) is 10.0 Å². The standard InChI is InChI=1S/C24H17Cl2N3S/c25-18-11-12-19(20(26)13-18)21-14-23(17-9-5-2-6-10-17)29(28-21)24-27-22(15-30-24)16-7-3-1-4-8-16/h1-13,15,23H,14H2/t23-/m1/s1. The maximum absolute atomic E-state index is 6.48. The van der Waals surface area contributed by atoms with E-state index in [1.165, 1.54) is 5.56 Å². The van der Waals surface area contributed by atoms with E-state index in [4.69, 9.17) is 33.3 Å². The zero-order valence-electron chi connectivity index (χ0n) is 15.9. The number of hydrogen-bond donors (Lipinski definition) is 0. The molecule has 1 aromatic heterocycles.